The zero-order valence-electron chi connectivity index (χ0n) is 29.5. The highest BCUT2D eigenvalue weighted by atomic mass is 16.7. The van der Waals surface area contributed by atoms with Gasteiger partial charge in [-0.1, -0.05) is 103 Å². The van der Waals surface area contributed by atoms with Crippen molar-refractivity contribution in [3.63, 3.8) is 0 Å². The summed E-state index contributed by atoms with van der Waals surface area (Å²) in [5, 5.41) is 0. The molecule has 0 amide bonds. The maximum Gasteiger partial charge on any atom is 0.704 e. The average Bonchev–Trinajstić information content (AvgIpc) is 3.31. The number of aryl methyl sites for hydroxylation is 1. The van der Waals surface area contributed by atoms with Crippen molar-refractivity contribution < 1.29 is 18.6 Å². The van der Waals surface area contributed by atoms with E-state index in [4.69, 9.17) is 9.47 Å². The third-order valence-corrected chi connectivity index (χ3v) is 9.99. The van der Waals surface area contributed by atoms with Crippen LogP contribution in [-0.2, 0) is 17.3 Å². The first kappa shape index (κ1) is 32.7. The second-order valence-electron chi connectivity index (χ2n) is 15.6. The van der Waals surface area contributed by atoms with Gasteiger partial charge in [-0.3, -0.25) is 0 Å². The van der Waals surface area contributed by atoms with Gasteiger partial charge in [-0.15, -0.1) is 0 Å². The van der Waals surface area contributed by atoms with Gasteiger partial charge in [0, 0.05) is 5.56 Å². The van der Waals surface area contributed by atoms with E-state index in [-0.39, 0.29) is 10.8 Å². The van der Waals surface area contributed by atoms with Crippen molar-refractivity contribution >= 4 is 12.4 Å². The van der Waals surface area contributed by atoms with Crippen LogP contribution >= 0.6 is 0 Å². The van der Waals surface area contributed by atoms with Gasteiger partial charge in [0.15, 0.2) is 23.9 Å². The second kappa shape index (κ2) is 12.6. The minimum Gasteiger partial charge on any atom is -0.340 e. The van der Waals surface area contributed by atoms with Gasteiger partial charge >= 0.3 is 6.03 Å². The van der Waals surface area contributed by atoms with Crippen molar-refractivity contribution in [2.75, 3.05) is 32.7 Å². The van der Waals surface area contributed by atoms with Crippen molar-refractivity contribution in [1.29, 1.82) is 0 Å². The number of hydrogen-bond donors (Lipinski definition) is 0. The van der Waals surface area contributed by atoms with Crippen LogP contribution in [0.15, 0.2) is 24.3 Å². The molecular formula is C39H59N3O2+2. The molecule has 44 heavy (non-hydrogen) atoms. The number of benzene rings is 2. The Hall–Kier alpha value is -2.66. The largest absolute Gasteiger partial charge is 0.704 e. The van der Waals surface area contributed by atoms with Gasteiger partial charge in [0.1, 0.15) is 0 Å². The number of ether oxygens (including phenoxy) is 2. The fourth-order valence-corrected chi connectivity index (χ4v) is 7.21. The molecule has 5 nitrogen and oxygen atoms in total. The lowest BCUT2D eigenvalue weighted by Gasteiger charge is -2.32. The van der Waals surface area contributed by atoms with Gasteiger partial charge in [-0.2, -0.15) is 0 Å². The van der Waals surface area contributed by atoms with Gasteiger partial charge in [-0.05, 0) is 91.4 Å². The number of nitrogens with zero attached hydrogens (tertiary/aromatic N) is 3. The lowest BCUT2D eigenvalue weighted by molar-refractivity contribution is -0.855. The third-order valence-electron chi connectivity index (χ3n) is 9.99. The lowest BCUT2D eigenvalue weighted by Crippen LogP contribution is -2.59. The first-order chi connectivity index (χ1) is 20.8. The molecule has 3 heterocycles. The van der Waals surface area contributed by atoms with Gasteiger partial charge in [-0.25, -0.2) is 0 Å². The molecule has 0 radical (unpaired) electrons. The first-order valence-electron chi connectivity index (χ1n) is 17.4. The molecule has 3 aliphatic heterocycles. The molecule has 2 aromatic rings. The molecule has 1 spiro atoms. The summed E-state index contributed by atoms with van der Waals surface area (Å²) in [6, 6.07) is 8.45. The van der Waals surface area contributed by atoms with Crippen LogP contribution in [0.2, 0.25) is 0 Å². The Labute approximate surface area is 268 Å². The molecule has 0 bridgehead atoms. The molecular weight excluding hydrogens is 542 g/mol. The Morgan fingerprint density at radius 1 is 0.795 bits per heavy atom. The van der Waals surface area contributed by atoms with E-state index in [0.717, 1.165) is 55.6 Å². The van der Waals surface area contributed by atoms with Crippen LogP contribution in [0.3, 0.4) is 0 Å². The van der Waals surface area contributed by atoms with Crippen molar-refractivity contribution in [3.05, 3.63) is 57.6 Å². The Kier molecular flexibility index (Phi) is 9.38. The molecule has 0 aromatic heterocycles. The molecule has 1 fully saturated rings. The number of rotatable bonds is 11. The fraction of sp³-hybridized carbons (Fsp3) is 0.641. The van der Waals surface area contributed by atoms with E-state index >= 15 is 0 Å². The molecule has 5 rings (SSSR count). The summed E-state index contributed by atoms with van der Waals surface area (Å²) in [7, 11) is 0. The van der Waals surface area contributed by atoms with E-state index in [9.17, 15) is 0 Å². The smallest absolute Gasteiger partial charge is 0.340 e. The molecule has 0 N–H and O–H groups in total. The van der Waals surface area contributed by atoms with Gasteiger partial charge < -0.3 is 14.4 Å². The highest BCUT2D eigenvalue weighted by molar-refractivity contribution is 5.84. The Bertz CT molecular complexity index is 1420. The highest BCUT2D eigenvalue weighted by Gasteiger charge is 2.69. The SMILES string of the molecule is CCCCC(CCCN(CC)CC)Cc1cc(C)c2c(c1)C=[N+]1CC[N+]3=Cc4cc(C(C)(C)C)cc(C(C)(C)C)c4OC13O2. The fourth-order valence-electron chi connectivity index (χ4n) is 7.21. The predicted octanol–water partition coefficient (Wildman–Crippen LogP) is 8.03. The standard InChI is InChI=1S/C39H59N3O2/c1-11-14-16-29(17-15-18-40(12-2)13-3)22-30-21-28(4)35-31(23-30)26-41-19-20-42-27-32-24-33(37(5,6)7)25-34(38(8,9)10)36(32)44-39(41,42)43-35/h21,23-27,29H,11-20,22H2,1-10H3/q+2. The maximum absolute atomic E-state index is 7.07. The molecule has 2 unspecified atom stereocenters. The van der Waals surface area contributed by atoms with Crippen molar-refractivity contribution in [3.8, 4) is 11.5 Å². The van der Waals surface area contributed by atoms with E-state index < -0.39 is 6.03 Å². The number of fused-ring (bicyclic) bond motifs is 2. The number of unbranched alkanes of at least 4 members (excludes halogenated alkanes) is 1. The molecule has 1 saturated heterocycles. The van der Waals surface area contributed by atoms with Crippen LogP contribution in [0.4, 0.5) is 0 Å². The van der Waals surface area contributed by atoms with Gasteiger partial charge in [0.05, 0.1) is 11.1 Å². The normalized spacial score (nSPS) is 19.7. The Morgan fingerprint density at radius 3 is 2.00 bits per heavy atom. The molecule has 2 aromatic carbocycles. The van der Waals surface area contributed by atoms with Crippen molar-refractivity contribution in [1.82, 2.24) is 4.90 Å². The topological polar surface area (TPSA) is 27.7 Å². The van der Waals surface area contributed by atoms with Gasteiger partial charge in [0.25, 0.3) is 0 Å². The molecule has 2 atom stereocenters. The van der Waals surface area contributed by atoms with Crippen molar-refractivity contribution in [2.45, 2.75) is 125 Å². The van der Waals surface area contributed by atoms with Crippen LogP contribution < -0.4 is 9.47 Å². The zero-order chi connectivity index (χ0) is 31.9. The quantitative estimate of drug-likeness (QED) is 0.244. The van der Waals surface area contributed by atoms with Crippen LogP contribution in [0.25, 0.3) is 0 Å². The Morgan fingerprint density at radius 2 is 1.41 bits per heavy atom. The van der Waals surface area contributed by atoms with Crippen LogP contribution in [-0.4, -0.2) is 65.2 Å². The van der Waals surface area contributed by atoms with Crippen LogP contribution in [0.5, 0.6) is 11.5 Å². The predicted molar refractivity (Wildman–Crippen MR) is 183 cm³/mol. The van der Waals surface area contributed by atoms with Crippen LogP contribution in [0.1, 0.15) is 128 Å². The minimum atomic E-state index is -0.983. The van der Waals surface area contributed by atoms with Crippen LogP contribution in [0, 0.1) is 12.8 Å². The molecule has 5 heteroatoms. The summed E-state index contributed by atoms with van der Waals surface area (Å²) >= 11 is 0. The molecule has 0 saturated carbocycles. The first-order valence-corrected chi connectivity index (χ1v) is 17.4. The van der Waals surface area contributed by atoms with E-state index in [1.54, 1.807) is 0 Å². The average molecular weight is 602 g/mol. The van der Waals surface area contributed by atoms with E-state index in [0.29, 0.717) is 0 Å². The summed E-state index contributed by atoms with van der Waals surface area (Å²) in [6.45, 7) is 28.0. The van der Waals surface area contributed by atoms with Crippen molar-refractivity contribution in [2.24, 2.45) is 5.92 Å². The highest BCUT2D eigenvalue weighted by Crippen LogP contribution is 2.44. The summed E-state index contributed by atoms with van der Waals surface area (Å²) in [4.78, 5) is 2.55. The van der Waals surface area contributed by atoms with E-state index in [2.05, 4.69) is 120 Å². The Balaban J connectivity index is 1.44. The molecule has 240 valence electrons. The minimum absolute atomic E-state index is 0.0544. The summed E-state index contributed by atoms with van der Waals surface area (Å²) in [6.07, 6.45) is 12.2. The monoisotopic (exact) mass is 601 g/mol. The summed E-state index contributed by atoms with van der Waals surface area (Å²) in [5.74, 6) is 2.62. The maximum atomic E-state index is 7.07. The van der Waals surface area contributed by atoms with Gasteiger partial charge in [0.2, 0.25) is 13.1 Å². The number of hydrogen-bond acceptors (Lipinski definition) is 3. The zero-order valence-corrected chi connectivity index (χ0v) is 29.5. The lowest BCUT2D eigenvalue weighted by atomic mass is 9.79. The summed E-state index contributed by atoms with van der Waals surface area (Å²) in [5.41, 5.74) is 7.51. The van der Waals surface area contributed by atoms with E-state index in [1.807, 2.05) is 0 Å². The second-order valence-corrected chi connectivity index (χ2v) is 15.6. The van der Waals surface area contributed by atoms with E-state index in [1.165, 1.54) is 66.5 Å². The molecule has 0 aliphatic carbocycles. The third kappa shape index (κ3) is 6.50. The summed E-state index contributed by atoms with van der Waals surface area (Å²) < 4.78 is 18.6. The molecule has 3 aliphatic rings.